The number of aliphatic hydroxyl groups is 1. The number of likely N-dealkylation sites (tertiary alicyclic amines) is 1. The van der Waals surface area contributed by atoms with E-state index in [9.17, 15) is 9.90 Å². The Morgan fingerprint density at radius 2 is 1.85 bits per heavy atom. The van der Waals surface area contributed by atoms with Gasteiger partial charge in [-0.1, -0.05) is 48.3 Å². The van der Waals surface area contributed by atoms with Crippen LogP contribution in [0.1, 0.15) is 71.6 Å². The molecule has 4 fully saturated rings. The van der Waals surface area contributed by atoms with Gasteiger partial charge >= 0.3 is 0 Å². The Morgan fingerprint density at radius 1 is 1.11 bits per heavy atom. The van der Waals surface area contributed by atoms with E-state index in [1.54, 1.807) is 0 Å². The highest BCUT2D eigenvalue weighted by atomic mass is 127. The third-order valence-electron chi connectivity index (χ3n) is 9.45. The smallest absolute Gasteiger partial charge is 0.222 e. The molecule has 0 aromatic carbocycles. The number of hydrogen-bond donors (Lipinski definition) is 1. The van der Waals surface area contributed by atoms with Crippen LogP contribution in [0.25, 0.3) is 0 Å². The van der Waals surface area contributed by atoms with Gasteiger partial charge in [-0.05, 0) is 68.1 Å². The van der Waals surface area contributed by atoms with E-state index in [2.05, 4.69) is 53.2 Å². The minimum absolute atomic E-state index is 0.00764. The number of halogens is 1. The van der Waals surface area contributed by atoms with Gasteiger partial charge in [0.25, 0.3) is 0 Å². The van der Waals surface area contributed by atoms with E-state index in [1.807, 2.05) is 7.05 Å². The highest BCUT2D eigenvalue weighted by Gasteiger charge is 2.64. The van der Waals surface area contributed by atoms with E-state index in [0.717, 1.165) is 36.5 Å². The average molecular weight is 483 g/mol. The summed E-state index contributed by atoms with van der Waals surface area (Å²) in [5, 5.41) is 11.6. The fraction of sp³-hybridized carbons (Fsp3) is 0.870. The maximum atomic E-state index is 12.3. The van der Waals surface area contributed by atoms with Gasteiger partial charge in [0, 0.05) is 31.3 Å². The summed E-state index contributed by atoms with van der Waals surface area (Å²) in [6, 6.07) is 0.416. The molecule has 0 aromatic rings. The second kappa shape index (κ2) is 6.90. The third kappa shape index (κ3) is 2.81. The van der Waals surface area contributed by atoms with Gasteiger partial charge in [0.1, 0.15) is 0 Å². The lowest BCUT2D eigenvalue weighted by atomic mass is 9.46. The van der Waals surface area contributed by atoms with Crippen LogP contribution in [-0.2, 0) is 4.79 Å². The van der Waals surface area contributed by atoms with Crippen molar-refractivity contribution in [2.75, 3.05) is 11.5 Å². The molecule has 4 rings (SSSR count). The van der Waals surface area contributed by atoms with E-state index in [-0.39, 0.29) is 10.8 Å². The van der Waals surface area contributed by atoms with Gasteiger partial charge < -0.3 is 10.0 Å². The van der Waals surface area contributed by atoms with E-state index in [1.165, 1.54) is 12.8 Å². The quantitative estimate of drug-likeness (QED) is 0.341. The van der Waals surface area contributed by atoms with Crippen molar-refractivity contribution < 1.29 is 9.90 Å². The molecule has 3 saturated carbocycles. The molecular weight excluding hydrogens is 449 g/mol. The molecule has 3 aliphatic carbocycles. The minimum atomic E-state index is -0.613. The van der Waals surface area contributed by atoms with Crippen molar-refractivity contribution in [2.24, 2.45) is 28.6 Å². The lowest BCUT2D eigenvalue weighted by Crippen LogP contribution is -2.62. The monoisotopic (exact) mass is 483 g/mol. The number of rotatable bonds is 1. The molecule has 27 heavy (non-hydrogen) atoms. The molecule has 0 spiro atoms. The number of carbonyl (C=O) groups is 1. The Balaban J connectivity index is 1.60. The molecule has 4 aliphatic rings. The van der Waals surface area contributed by atoms with Crippen LogP contribution in [0.4, 0.5) is 0 Å². The number of alkyl halides is 1. The Kier molecular flexibility index (Phi) is 5.12. The molecular formula is C23H34INO2. The summed E-state index contributed by atoms with van der Waals surface area (Å²) in [5.74, 6) is 8.78. The highest BCUT2D eigenvalue weighted by Crippen LogP contribution is 2.67. The van der Waals surface area contributed by atoms with Crippen molar-refractivity contribution in [1.82, 2.24) is 4.90 Å². The first-order valence-electron chi connectivity index (χ1n) is 10.8. The fourth-order valence-corrected chi connectivity index (χ4v) is 8.08. The molecule has 7 atom stereocenters. The van der Waals surface area contributed by atoms with E-state index < -0.39 is 5.60 Å². The van der Waals surface area contributed by atoms with Gasteiger partial charge in [0.2, 0.25) is 5.91 Å². The molecule has 150 valence electrons. The lowest BCUT2D eigenvalue weighted by Gasteiger charge is -2.62. The van der Waals surface area contributed by atoms with Crippen molar-refractivity contribution in [1.29, 1.82) is 0 Å². The summed E-state index contributed by atoms with van der Waals surface area (Å²) in [4.78, 5) is 14.3. The van der Waals surface area contributed by atoms with Crippen LogP contribution in [-0.4, -0.2) is 39.0 Å². The molecule has 4 heteroatoms. The van der Waals surface area contributed by atoms with Crippen molar-refractivity contribution in [3.63, 3.8) is 0 Å². The molecule has 0 bridgehead atoms. The van der Waals surface area contributed by atoms with Gasteiger partial charge in [0.05, 0.1) is 10.0 Å². The SMILES string of the molecule is CN1C(=O)CC[C@@]2(C)C1CC[C@@H]1[C@H]2CC[C@@]2(C)[C@H]1CCC2(O)CC#CCI. The van der Waals surface area contributed by atoms with Gasteiger partial charge in [-0.25, -0.2) is 0 Å². The topological polar surface area (TPSA) is 40.5 Å². The number of amides is 1. The summed E-state index contributed by atoms with van der Waals surface area (Å²) in [7, 11) is 2.03. The highest BCUT2D eigenvalue weighted by molar-refractivity contribution is 14.1. The standard InChI is InChI=1S/C23H34INO2/c1-21-12-10-20(26)25(3)19(21)7-6-16-17(21)8-13-22(2)18(16)9-14-23(22,27)11-4-5-15-24/h16-19,27H,6-15H2,1-3H3/t16-,17-,18+,19?,21-,22+,23?/m1/s1. The molecule has 1 saturated heterocycles. The Bertz CT molecular complexity index is 684. The van der Waals surface area contributed by atoms with Crippen LogP contribution in [0.15, 0.2) is 0 Å². The average Bonchev–Trinajstić information content (AvgIpc) is 2.90. The Morgan fingerprint density at radius 3 is 2.59 bits per heavy atom. The van der Waals surface area contributed by atoms with Crippen molar-refractivity contribution in [2.45, 2.75) is 83.3 Å². The zero-order valence-electron chi connectivity index (χ0n) is 17.1. The predicted octanol–water partition coefficient (Wildman–Crippen LogP) is 4.41. The zero-order valence-corrected chi connectivity index (χ0v) is 19.2. The first-order valence-corrected chi connectivity index (χ1v) is 12.3. The fourth-order valence-electron chi connectivity index (χ4n) is 7.81. The summed E-state index contributed by atoms with van der Waals surface area (Å²) < 4.78 is 0.838. The van der Waals surface area contributed by atoms with Crippen molar-refractivity contribution >= 4 is 28.5 Å². The van der Waals surface area contributed by atoms with Gasteiger partial charge in [-0.3, -0.25) is 4.79 Å². The lowest BCUT2D eigenvalue weighted by molar-refractivity contribution is -0.168. The van der Waals surface area contributed by atoms with E-state index in [4.69, 9.17) is 0 Å². The summed E-state index contributed by atoms with van der Waals surface area (Å²) in [6.45, 7) is 4.82. The predicted molar refractivity (Wildman–Crippen MR) is 116 cm³/mol. The molecule has 2 unspecified atom stereocenters. The summed E-state index contributed by atoms with van der Waals surface area (Å²) >= 11 is 2.28. The largest absolute Gasteiger partial charge is 0.388 e. The van der Waals surface area contributed by atoms with Gasteiger partial charge in [-0.2, -0.15) is 0 Å². The van der Waals surface area contributed by atoms with Crippen LogP contribution < -0.4 is 0 Å². The number of piperidine rings is 1. The molecule has 0 aromatic heterocycles. The van der Waals surface area contributed by atoms with E-state index >= 15 is 0 Å². The second-order valence-electron chi connectivity index (χ2n) is 10.2. The van der Waals surface area contributed by atoms with Crippen LogP contribution in [0.5, 0.6) is 0 Å². The molecule has 1 N–H and O–H groups in total. The van der Waals surface area contributed by atoms with Crippen LogP contribution >= 0.6 is 22.6 Å². The molecule has 3 nitrogen and oxygen atoms in total. The Hall–Kier alpha value is -0.280. The zero-order chi connectivity index (χ0) is 19.4. The van der Waals surface area contributed by atoms with Gasteiger partial charge in [0.15, 0.2) is 0 Å². The van der Waals surface area contributed by atoms with Crippen LogP contribution in [0.2, 0.25) is 0 Å². The molecule has 1 amide bonds. The van der Waals surface area contributed by atoms with E-state index in [0.29, 0.717) is 42.5 Å². The summed E-state index contributed by atoms with van der Waals surface area (Å²) in [6.07, 6.45) is 9.13. The third-order valence-corrected chi connectivity index (χ3v) is 9.83. The molecule has 1 aliphatic heterocycles. The Labute approximate surface area is 178 Å². The normalized spacial score (nSPS) is 48.9. The second-order valence-corrected chi connectivity index (χ2v) is 10.9. The summed E-state index contributed by atoms with van der Waals surface area (Å²) in [5.41, 5.74) is -0.346. The number of hydrogen-bond acceptors (Lipinski definition) is 2. The van der Waals surface area contributed by atoms with Crippen molar-refractivity contribution in [3.05, 3.63) is 0 Å². The van der Waals surface area contributed by atoms with Crippen LogP contribution in [0.3, 0.4) is 0 Å². The number of carbonyl (C=O) groups excluding carboxylic acids is 1. The van der Waals surface area contributed by atoms with Crippen molar-refractivity contribution in [3.8, 4) is 11.8 Å². The first kappa shape index (κ1) is 20.0. The maximum Gasteiger partial charge on any atom is 0.222 e. The maximum absolute atomic E-state index is 12.3. The van der Waals surface area contributed by atoms with Crippen LogP contribution in [0, 0.1) is 40.4 Å². The molecule has 1 heterocycles. The number of nitrogens with zero attached hydrogens (tertiary/aromatic N) is 1. The first-order chi connectivity index (χ1) is 12.8. The number of fused-ring (bicyclic) bond motifs is 5. The molecule has 0 radical (unpaired) electrons. The minimum Gasteiger partial charge on any atom is -0.388 e. The van der Waals surface area contributed by atoms with Gasteiger partial charge in [-0.15, -0.1) is 0 Å².